The number of fused-ring (bicyclic) bond motifs is 1. The lowest BCUT2D eigenvalue weighted by molar-refractivity contribution is -0.380. The maximum Gasteiger partial charge on any atom is 0.324 e. The zero-order valence-corrected chi connectivity index (χ0v) is 17.7. The Morgan fingerprint density at radius 1 is 1.21 bits per heavy atom. The highest BCUT2D eigenvalue weighted by atomic mass is 35.5. The van der Waals surface area contributed by atoms with E-state index in [-0.39, 0.29) is 10.9 Å². The van der Waals surface area contributed by atoms with E-state index in [0.29, 0.717) is 11.4 Å². The highest BCUT2D eigenvalue weighted by Crippen LogP contribution is 2.31. The number of thiophene rings is 1. The molecule has 1 N–H and O–H groups in total. The van der Waals surface area contributed by atoms with E-state index in [1.54, 1.807) is 11.3 Å². The van der Waals surface area contributed by atoms with Gasteiger partial charge in [-0.05, 0) is 24.3 Å². The number of carbonyl (C=O) groups excluding carboxylic acids is 1. The zero-order chi connectivity index (χ0) is 20.4. The Balaban J connectivity index is 1.24. The van der Waals surface area contributed by atoms with E-state index in [9.17, 15) is 14.9 Å². The van der Waals surface area contributed by atoms with Crippen LogP contribution in [0.4, 0.5) is 10.1 Å². The Bertz CT molecular complexity index is 1050. The van der Waals surface area contributed by atoms with Crippen molar-refractivity contribution in [2.75, 3.05) is 44.2 Å². The summed E-state index contributed by atoms with van der Waals surface area (Å²) in [4.78, 5) is 32.0. The van der Waals surface area contributed by atoms with Crippen LogP contribution < -0.4 is 10.2 Å². The summed E-state index contributed by atoms with van der Waals surface area (Å²) in [5.74, 6) is -0.269. The number of aromatic nitrogens is 1. The van der Waals surface area contributed by atoms with Gasteiger partial charge in [0, 0.05) is 50.4 Å². The molecular formula is C18H18ClN5O3S2. The van der Waals surface area contributed by atoms with Crippen LogP contribution in [0.3, 0.4) is 0 Å². The van der Waals surface area contributed by atoms with Gasteiger partial charge in [0.2, 0.25) is 0 Å². The quantitative estimate of drug-likeness (QED) is 0.455. The number of thiazole rings is 1. The average Bonchev–Trinajstić information content (AvgIpc) is 3.35. The number of hydrogen-bond donors (Lipinski definition) is 1. The number of piperazine rings is 1. The summed E-state index contributed by atoms with van der Waals surface area (Å²) < 4.78 is 1.09. The average molecular weight is 452 g/mol. The summed E-state index contributed by atoms with van der Waals surface area (Å²) in [6.07, 6.45) is 0. The fourth-order valence-electron chi connectivity index (χ4n) is 3.15. The van der Waals surface area contributed by atoms with Crippen LogP contribution in [0.25, 0.3) is 10.2 Å². The van der Waals surface area contributed by atoms with E-state index in [4.69, 9.17) is 16.6 Å². The molecule has 0 unspecified atom stereocenters. The molecule has 4 rings (SSSR count). The van der Waals surface area contributed by atoms with Crippen LogP contribution >= 0.6 is 34.3 Å². The molecule has 0 atom stereocenters. The van der Waals surface area contributed by atoms with Crippen molar-refractivity contribution in [3.05, 3.63) is 50.3 Å². The van der Waals surface area contributed by atoms with Gasteiger partial charge in [-0.15, -0.1) is 0 Å². The van der Waals surface area contributed by atoms with E-state index in [2.05, 4.69) is 15.1 Å². The predicted molar refractivity (Wildman–Crippen MR) is 117 cm³/mol. The monoisotopic (exact) mass is 451 g/mol. The molecular weight excluding hydrogens is 434 g/mol. The van der Waals surface area contributed by atoms with Crippen LogP contribution in [0.5, 0.6) is 0 Å². The van der Waals surface area contributed by atoms with Crippen molar-refractivity contribution in [2.45, 2.75) is 0 Å². The van der Waals surface area contributed by atoms with E-state index in [1.807, 2.05) is 18.2 Å². The molecule has 1 aliphatic heterocycles. The first-order chi connectivity index (χ1) is 14.0. The number of nitro groups is 1. The van der Waals surface area contributed by atoms with E-state index < -0.39 is 4.92 Å². The van der Waals surface area contributed by atoms with Crippen LogP contribution in [-0.2, 0) is 0 Å². The molecule has 3 aromatic rings. The van der Waals surface area contributed by atoms with Gasteiger partial charge in [-0.3, -0.25) is 19.8 Å². The van der Waals surface area contributed by atoms with Gasteiger partial charge >= 0.3 is 5.00 Å². The Kier molecular flexibility index (Phi) is 5.95. The first-order valence-corrected chi connectivity index (χ1v) is 11.1. The van der Waals surface area contributed by atoms with Gasteiger partial charge in [0.05, 0.1) is 20.0 Å². The number of anilines is 1. The highest BCUT2D eigenvalue weighted by Gasteiger charge is 2.20. The summed E-state index contributed by atoms with van der Waals surface area (Å²) in [5, 5.41) is 15.3. The molecule has 11 heteroatoms. The number of rotatable bonds is 6. The van der Waals surface area contributed by atoms with E-state index >= 15 is 0 Å². The van der Waals surface area contributed by atoms with E-state index in [0.717, 1.165) is 64.4 Å². The normalized spacial score (nSPS) is 15.0. The summed E-state index contributed by atoms with van der Waals surface area (Å²) in [7, 11) is 0. The molecule has 0 aliphatic carbocycles. The molecule has 0 bridgehead atoms. The molecule has 2 aromatic heterocycles. The smallest absolute Gasteiger partial charge is 0.324 e. The topological polar surface area (TPSA) is 91.6 Å². The van der Waals surface area contributed by atoms with Crippen LogP contribution in [0.1, 0.15) is 9.67 Å². The van der Waals surface area contributed by atoms with Crippen molar-refractivity contribution in [1.82, 2.24) is 15.2 Å². The van der Waals surface area contributed by atoms with Crippen LogP contribution in [0, 0.1) is 10.1 Å². The van der Waals surface area contributed by atoms with E-state index in [1.165, 1.54) is 12.1 Å². The molecule has 3 heterocycles. The van der Waals surface area contributed by atoms with Gasteiger partial charge in [0.15, 0.2) is 5.13 Å². The van der Waals surface area contributed by atoms with Crippen molar-refractivity contribution in [3.63, 3.8) is 0 Å². The maximum atomic E-state index is 12.1. The summed E-state index contributed by atoms with van der Waals surface area (Å²) in [6, 6.07) is 8.59. The Morgan fingerprint density at radius 2 is 2.00 bits per heavy atom. The van der Waals surface area contributed by atoms with Gasteiger partial charge in [-0.1, -0.05) is 34.3 Å². The standard InChI is InChI=1S/C18H18ClN5O3S2/c19-12-1-2-13-15(11-12)29-18(21-13)23-9-7-22(8-10-23)6-5-20-17(25)14-3-4-16(28-14)24(26)27/h1-4,11H,5-10H2,(H,20,25). The second-order valence-electron chi connectivity index (χ2n) is 6.59. The summed E-state index contributed by atoms with van der Waals surface area (Å²) in [6.45, 7) is 4.76. The third kappa shape index (κ3) is 4.67. The first-order valence-electron chi connectivity index (χ1n) is 9.05. The minimum atomic E-state index is -0.485. The Morgan fingerprint density at radius 3 is 2.72 bits per heavy atom. The number of amides is 1. The fraction of sp³-hybridized carbons (Fsp3) is 0.333. The molecule has 1 amide bonds. The molecule has 1 saturated heterocycles. The lowest BCUT2D eigenvalue weighted by atomic mass is 10.3. The molecule has 0 spiro atoms. The zero-order valence-electron chi connectivity index (χ0n) is 15.3. The van der Waals surface area contributed by atoms with Crippen molar-refractivity contribution in [2.24, 2.45) is 0 Å². The molecule has 8 nitrogen and oxygen atoms in total. The molecule has 0 radical (unpaired) electrons. The largest absolute Gasteiger partial charge is 0.350 e. The SMILES string of the molecule is O=C(NCCN1CCN(c2nc3ccc(Cl)cc3s2)CC1)c1ccc([N+](=O)[O-])s1. The van der Waals surface area contributed by atoms with Crippen molar-refractivity contribution in [3.8, 4) is 0 Å². The second kappa shape index (κ2) is 8.62. The van der Waals surface area contributed by atoms with Crippen molar-refractivity contribution in [1.29, 1.82) is 0 Å². The summed E-state index contributed by atoms with van der Waals surface area (Å²) in [5.41, 5.74) is 0.966. The number of benzene rings is 1. The second-order valence-corrected chi connectivity index (χ2v) is 9.10. The number of carbonyl (C=O) groups is 1. The number of halogens is 1. The van der Waals surface area contributed by atoms with Crippen LogP contribution in [-0.4, -0.2) is 60.0 Å². The Hall–Kier alpha value is -2.27. The predicted octanol–water partition coefficient (Wildman–Crippen LogP) is 3.47. The van der Waals surface area contributed by atoms with Crippen molar-refractivity contribution < 1.29 is 9.72 Å². The molecule has 0 saturated carbocycles. The van der Waals surface area contributed by atoms with Gasteiger partial charge in [0.1, 0.15) is 0 Å². The lowest BCUT2D eigenvalue weighted by Crippen LogP contribution is -2.48. The number of nitrogens with zero attached hydrogens (tertiary/aromatic N) is 4. The minimum absolute atomic E-state index is 0.0246. The lowest BCUT2D eigenvalue weighted by Gasteiger charge is -2.34. The molecule has 152 valence electrons. The molecule has 1 aliphatic rings. The molecule has 1 aromatic carbocycles. The maximum absolute atomic E-state index is 12.1. The Labute approximate surface area is 179 Å². The van der Waals surface area contributed by atoms with Gasteiger partial charge in [-0.25, -0.2) is 4.98 Å². The minimum Gasteiger partial charge on any atom is -0.350 e. The molecule has 29 heavy (non-hydrogen) atoms. The fourth-order valence-corrected chi connectivity index (χ4v) is 5.18. The van der Waals surface area contributed by atoms with Crippen molar-refractivity contribution >= 4 is 60.5 Å². The third-order valence-electron chi connectivity index (χ3n) is 4.69. The number of hydrogen-bond acceptors (Lipinski definition) is 8. The van der Waals surface area contributed by atoms with Gasteiger partial charge < -0.3 is 10.2 Å². The van der Waals surface area contributed by atoms with Gasteiger partial charge in [0.25, 0.3) is 5.91 Å². The first kappa shape index (κ1) is 20.0. The summed E-state index contributed by atoms with van der Waals surface area (Å²) >= 11 is 8.60. The van der Waals surface area contributed by atoms with Crippen LogP contribution in [0.2, 0.25) is 5.02 Å². The highest BCUT2D eigenvalue weighted by molar-refractivity contribution is 7.22. The van der Waals surface area contributed by atoms with Crippen LogP contribution in [0.15, 0.2) is 30.3 Å². The molecule has 1 fully saturated rings. The third-order valence-corrected chi connectivity index (χ3v) is 7.04. The number of nitrogens with one attached hydrogen (secondary N) is 1. The van der Waals surface area contributed by atoms with Gasteiger partial charge in [-0.2, -0.15) is 0 Å².